The lowest BCUT2D eigenvalue weighted by Crippen LogP contribution is -2.14. The van der Waals surface area contributed by atoms with E-state index in [1.54, 1.807) is 0 Å². The quantitative estimate of drug-likeness (QED) is 0.142. The van der Waals surface area contributed by atoms with E-state index in [4.69, 9.17) is 34.3 Å². The van der Waals surface area contributed by atoms with E-state index >= 15 is 0 Å². The SMILES string of the molecule is CC1(C)c2ccccc2-c2cc3c4ccccc4n(-c4cccc(-c5nc(-c6ccccc6)nc(-c6ccccc6)n5)c4)c3cc21.c1ccc(-c2nc(-c3ccccc3)nc(-c3cccc4oc5ccc(-c6ccc7c(c6)c6ccccc6n7-c6ccccc6)cc5c34)n2)cc1. The van der Waals surface area contributed by atoms with Crippen LogP contribution < -0.4 is 0 Å². The predicted molar refractivity (Wildman–Crippen MR) is 391 cm³/mol. The zero-order chi connectivity index (χ0) is 63.8. The van der Waals surface area contributed by atoms with E-state index in [1.165, 1.54) is 65.9 Å². The Bertz CT molecular complexity index is 5920. The Morgan fingerprint density at radius 1 is 0.250 bits per heavy atom. The van der Waals surface area contributed by atoms with Crippen LogP contribution in [0.2, 0.25) is 0 Å². The van der Waals surface area contributed by atoms with E-state index in [2.05, 4.69) is 205 Å². The van der Waals surface area contributed by atoms with E-state index < -0.39 is 0 Å². The number of aromatic nitrogens is 8. The molecule has 0 saturated carbocycles. The predicted octanol–water partition coefficient (Wildman–Crippen LogP) is 21.8. The number of fused-ring (bicyclic) bond motifs is 12. The van der Waals surface area contributed by atoms with Crippen molar-refractivity contribution in [1.82, 2.24) is 39.0 Å². The molecule has 0 N–H and O–H groups in total. The average Bonchev–Trinajstić information content (AvgIpc) is 1.55. The summed E-state index contributed by atoms with van der Waals surface area (Å²) in [6.07, 6.45) is 0. The van der Waals surface area contributed by atoms with Crippen molar-refractivity contribution in [1.29, 1.82) is 0 Å². The maximum absolute atomic E-state index is 6.44. The van der Waals surface area contributed by atoms with Gasteiger partial charge in [0.15, 0.2) is 34.9 Å². The minimum absolute atomic E-state index is 0.0875. The number of benzene rings is 13. The zero-order valence-corrected chi connectivity index (χ0v) is 52.5. The number of hydrogen-bond donors (Lipinski definition) is 0. The molecule has 1 aliphatic rings. The minimum atomic E-state index is -0.0875. The molecule has 5 aromatic heterocycles. The van der Waals surface area contributed by atoms with E-state index in [0.29, 0.717) is 34.9 Å². The molecule has 5 heterocycles. The molecule has 96 heavy (non-hydrogen) atoms. The Hall–Kier alpha value is -12.7. The van der Waals surface area contributed by atoms with Gasteiger partial charge in [0.2, 0.25) is 0 Å². The maximum atomic E-state index is 6.44. The van der Waals surface area contributed by atoms with Crippen LogP contribution in [0, 0.1) is 0 Å². The van der Waals surface area contributed by atoms with E-state index in [1.807, 2.05) is 133 Å². The standard InChI is InChI=1S/C45H28N4O.C42H30N4/c1-4-13-29(14-5-1)43-46-44(30-15-6-2-7-16-30)48-45(47-43)35-20-12-22-41-42(35)37-28-32(24-26-40(37)50-41)31-23-25-39-36(27-31)34-19-10-11-21-38(34)49(39)33-17-8-3-9-18-33;1-42(2)35-22-11-9-20-31(35)33-25-34-32-21-10-12-23-37(32)46(38(34)26-36(33)42)30-19-13-18-29(24-30)41-44-39(27-14-5-3-6-15-27)43-40(45-41)28-16-7-4-8-17-28/h1-28H;3-26H,1-2H3. The fourth-order valence-electron chi connectivity index (χ4n) is 14.3. The van der Waals surface area contributed by atoms with Gasteiger partial charge in [-0.05, 0) is 112 Å². The first-order chi connectivity index (χ1) is 47.3. The molecular formula is C87H58N8O. The van der Waals surface area contributed by atoms with Crippen LogP contribution in [-0.2, 0) is 5.41 Å². The van der Waals surface area contributed by atoms with Gasteiger partial charge in [0, 0.05) is 82.5 Å². The minimum Gasteiger partial charge on any atom is -0.456 e. The fraction of sp³-hybridized carbons (Fsp3) is 0.0345. The Morgan fingerprint density at radius 3 is 1.27 bits per heavy atom. The third kappa shape index (κ3) is 9.54. The molecule has 0 fully saturated rings. The van der Waals surface area contributed by atoms with Gasteiger partial charge in [-0.25, -0.2) is 29.9 Å². The monoisotopic (exact) mass is 1230 g/mol. The topological polar surface area (TPSA) is 100 Å². The summed E-state index contributed by atoms with van der Waals surface area (Å²) in [7, 11) is 0. The largest absolute Gasteiger partial charge is 0.456 e. The van der Waals surface area contributed by atoms with Gasteiger partial charge in [0.1, 0.15) is 11.2 Å². The smallest absolute Gasteiger partial charge is 0.164 e. The van der Waals surface area contributed by atoms with E-state index in [-0.39, 0.29) is 5.41 Å². The van der Waals surface area contributed by atoms with Gasteiger partial charge in [0.05, 0.1) is 22.1 Å². The number of nitrogens with zero attached hydrogens (tertiary/aromatic N) is 8. The van der Waals surface area contributed by atoms with Crippen LogP contribution in [0.1, 0.15) is 25.0 Å². The summed E-state index contributed by atoms with van der Waals surface area (Å²) in [4.78, 5) is 29.9. The molecule has 9 heteroatoms. The highest BCUT2D eigenvalue weighted by molar-refractivity contribution is 6.15. The molecule has 0 atom stereocenters. The molecule has 19 rings (SSSR count). The summed E-state index contributed by atoms with van der Waals surface area (Å²) in [5, 5.41) is 6.93. The summed E-state index contributed by atoms with van der Waals surface area (Å²) in [6.45, 7) is 4.68. The molecule has 0 bridgehead atoms. The van der Waals surface area contributed by atoms with Gasteiger partial charge in [0.25, 0.3) is 0 Å². The molecule has 452 valence electrons. The highest BCUT2D eigenvalue weighted by Gasteiger charge is 2.36. The summed E-state index contributed by atoms with van der Waals surface area (Å²) < 4.78 is 11.2. The van der Waals surface area contributed by atoms with Crippen LogP contribution in [-0.4, -0.2) is 39.0 Å². The summed E-state index contributed by atoms with van der Waals surface area (Å²) in [6, 6.07) is 110. The molecule has 9 nitrogen and oxygen atoms in total. The first kappa shape index (κ1) is 56.1. The molecule has 13 aromatic carbocycles. The van der Waals surface area contributed by atoms with Crippen LogP contribution in [0.4, 0.5) is 0 Å². The normalized spacial score (nSPS) is 12.4. The lowest BCUT2D eigenvalue weighted by atomic mass is 9.82. The van der Waals surface area contributed by atoms with Crippen molar-refractivity contribution in [2.45, 2.75) is 19.3 Å². The van der Waals surface area contributed by atoms with Crippen LogP contribution in [0.15, 0.2) is 320 Å². The van der Waals surface area contributed by atoms with Crippen molar-refractivity contribution in [3.05, 3.63) is 327 Å². The summed E-state index contributed by atoms with van der Waals surface area (Å²) in [5.74, 6) is 3.82. The Morgan fingerprint density at radius 2 is 0.677 bits per heavy atom. The highest BCUT2D eigenvalue weighted by atomic mass is 16.3. The zero-order valence-electron chi connectivity index (χ0n) is 52.5. The third-order valence-corrected chi connectivity index (χ3v) is 18.9. The number of hydrogen-bond acceptors (Lipinski definition) is 7. The molecule has 0 spiro atoms. The van der Waals surface area contributed by atoms with Crippen molar-refractivity contribution in [3.63, 3.8) is 0 Å². The third-order valence-electron chi connectivity index (χ3n) is 18.9. The molecule has 0 radical (unpaired) electrons. The second-order valence-corrected chi connectivity index (χ2v) is 25.0. The van der Waals surface area contributed by atoms with Crippen LogP contribution in [0.3, 0.4) is 0 Å². The van der Waals surface area contributed by atoms with Crippen molar-refractivity contribution in [3.8, 4) is 102 Å². The van der Waals surface area contributed by atoms with Crippen LogP contribution in [0.25, 0.3) is 168 Å². The van der Waals surface area contributed by atoms with Gasteiger partial charge in [-0.1, -0.05) is 250 Å². The van der Waals surface area contributed by atoms with Crippen molar-refractivity contribution >= 4 is 65.6 Å². The molecule has 0 saturated heterocycles. The molecular weight excluding hydrogens is 1170 g/mol. The Kier molecular flexibility index (Phi) is 13.3. The lowest BCUT2D eigenvalue weighted by Gasteiger charge is -2.21. The van der Waals surface area contributed by atoms with Gasteiger partial charge in [-0.3, -0.25) is 0 Å². The highest BCUT2D eigenvalue weighted by Crippen LogP contribution is 2.51. The second-order valence-electron chi connectivity index (χ2n) is 25.0. The van der Waals surface area contributed by atoms with Crippen LogP contribution in [0.5, 0.6) is 0 Å². The van der Waals surface area contributed by atoms with Crippen molar-refractivity contribution in [2.75, 3.05) is 0 Å². The van der Waals surface area contributed by atoms with E-state index in [0.717, 1.165) is 77.8 Å². The van der Waals surface area contributed by atoms with Crippen molar-refractivity contribution < 1.29 is 4.42 Å². The average molecular weight is 1230 g/mol. The Balaban J connectivity index is 0.000000141. The molecule has 18 aromatic rings. The van der Waals surface area contributed by atoms with Crippen LogP contribution >= 0.6 is 0 Å². The second kappa shape index (κ2) is 22.8. The lowest BCUT2D eigenvalue weighted by molar-refractivity contribution is 0.661. The first-order valence-corrected chi connectivity index (χ1v) is 32.4. The van der Waals surface area contributed by atoms with Gasteiger partial charge < -0.3 is 13.6 Å². The summed E-state index contributed by atoms with van der Waals surface area (Å²) in [5.41, 5.74) is 21.8. The molecule has 0 amide bonds. The molecule has 0 aliphatic heterocycles. The number of para-hydroxylation sites is 3. The number of furan rings is 1. The first-order valence-electron chi connectivity index (χ1n) is 32.4. The maximum Gasteiger partial charge on any atom is 0.164 e. The fourth-order valence-corrected chi connectivity index (χ4v) is 14.3. The van der Waals surface area contributed by atoms with Crippen molar-refractivity contribution in [2.24, 2.45) is 0 Å². The number of rotatable bonds is 9. The molecule has 0 unspecified atom stereocenters. The summed E-state index contributed by atoms with van der Waals surface area (Å²) >= 11 is 0. The van der Waals surface area contributed by atoms with Gasteiger partial charge in [-0.15, -0.1) is 0 Å². The Labute approximate surface area is 553 Å². The van der Waals surface area contributed by atoms with E-state index in [9.17, 15) is 0 Å². The van der Waals surface area contributed by atoms with Gasteiger partial charge in [-0.2, -0.15) is 0 Å². The molecule has 1 aliphatic carbocycles. The van der Waals surface area contributed by atoms with Gasteiger partial charge >= 0.3 is 0 Å².